The van der Waals surface area contributed by atoms with Crippen molar-refractivity contribution in [2.75, 3.05) is 0 Å². The number of carbonyl (C=O) groups excluding carboxylic acids is 1. The average Bonchev–Trinajstić information content (AvgIpc) is 3.04. The van der Waals surface area contributed by atoms with Crippen LogP contribution in [0.3, 0.4) is 0 Å². The number of nitrogens with one attached hydrogen (secondary N) is 1. The van der Waals surface area contributed by atoms with Crippen LogP contribution in [0.15, 0.2) is 54.7 Å². The van der Waals surface area contributed by atoms with Gasteiger partial charge in [0, 0.05) is 22.4 Å². The van der Waals surface area contributed by atoms with Crippen LogP contribution >= 0.6 is 11.6 Å². The molecule has 0 bridgehead atoms. The van der Waals surface area contributed by atoms with Crippen molar-refractivity contribution in [1.29, 1.82) is 0 Å². The standard InChI is InChI=1S/C18H9ClN2O.ClH/c19-13-6-3-5-12-16(13)21-9-8-11-10-4-1-2-7-14(10)20-15(11)17(21)18(12)22;/h1-9H;1H. The first-order valence-electron chi connectivity index (χ1n) is 7.04. The predicted octanol–water partition coefficient (Wildman–Crippen LogP) is 0.800. The average molecular weight is 341 g/mol. The molecule has 0 radical (unpaired) electrons. The van der Waals surface area contributed by atoms with Gasteiger partial charge in [-0.15, -0.1) is 0 Å². The molecule has 2 aromatic carbocycles. The first kappa shape index (κ1) is 14.2. The number of carbonyl (C=O) groups is 1. The molecule has 0 atom stereocenters. The van der Waals surface area contributed by atoms with E-state index in [4.69, 9.17) is 11.6 Å². The zero-order valence-corrected chi connectivity index (χ0v) is 13.3. The highest BCUT2D eigenvalue weighted by Gasteiger charge is 2.39. The number of H-pyrrole nitrogens is 1. The molecule has 0 aliphatic carbocycles. The van der Waals surface area contributed by atoms with Gasteiger partial charge in [0.25, 0.3) is 11.5 Å². The van der Waals surface area contributed by atoms with E-state index in [9.17, 15) is 4.79 Å². The zero-order chi connectivity index (χ0) is 14.8. The number of para-hydroxylation sites is 2. The van der Waals surface area contributed by atoms with E-state index < -0.39 is 0 Å². The van der Waals surface area contributed by atoms with Crippen LogP contribution in [0.5, 0.6) is 0 Å². The Morgan fingerprint density at radius 1 is 0.957 bits per heavy atom. The molecule has 23 heavy (non-hydrogen) atoms. The number of rotatable bonds is 0. The summed E-state index contributed by atoms with van der Waals surface area (Å²) in [5.74, 6) is 0.00894. The zero-order valence-electron chi connectivity index (χ0n) is 11.8. The number of nitrogens with zero attached hydrogens (tertiary/aromatic N) is 1. The number of hydrogen-bond donors (Lipinski definition) is 1. The Morgan fingerprint density at radius 3 is 2.65 bits per heavy atom. The number of fused-ring (bicyclic) bond motifs is 7. The molecule has 0 fully saturated rings. The molecule has 0 saturated carbocycles. The van der Waals surface area contributed by atoms with Crippen LogP contribution in [0.2, 0.25) is 5.02 Å². The third kappa shape index (κ3) is 1.72. The van der Waals surface area contributed by atoms with E-state index in [-0.39, 0.29) is 18.2 Å². The van der Waals surface area contributed by atoms with Crippen LogP contribution < -0.4 is 17.0 Å². The fourth-order valence-corrected chi connectivity index (χ4v) is 3.61. The Morgan fingerprint density at radius 2 is 1.78 bits per heavy atom. The third-order valence-electron chi connectivity index (χ3n) is 4.30. The summed E-state index contributed by atoms with van der Waals surface area (Å²) in [6.45, 7) is 0. The number of halogens is 2. The quantitative estimate of drug-likeness (QED) is 0.416. The molecule has 0 saturated heterocycles. The Labute approximate surface area is 142 Å². The summed E-state index contributed by atoms with van der Waals surface area (Å²) in [5, 5.41) is 2.76. The van der Waals surface area contributed by atoms with Gasteiger partial charge in [-0.25, -0.2) is 0 Å². The largest absolute Gasteiger partial charge is 1.00 e. The molecule has 3 heterocycles. The molecule has 1 aliphatic rings. The van der Waals surface area contributed by atoms with Crippen LogP contribution in [0.25, 0.3) is 27.5 Å². The van der Waals surface area contributed by atoms with Gasteiger partial charge in [-0.2, -0.15) is 4.57 Å². The molecule has 3 nitrogen and oxygen atoms in total. The molecule has 5 rings (SSSR count). The maximum absolute atomic E-state index is 12.8. The molecule has 0 amide bonds. The first-order chi connectivity index (χ1) is 10.8. The maximum Gasteiger partial charge on any atom is 0.284 e. The van der Waals surface area contributed by atoms with Crippen molar-refractivity contribution in [3.63, 3.8) is 0 Å². The van der Waals surface area contributed by atoms with Crippen LogP contribution in [-0.4, -0.2) is 10.8 Å². The Hall–Kier alpha value is -2.36. The van der Waals surface area contributed by atoms with Gasteiger partial charge in [-0.1, -0.05) is 35.9 Å². The molecule has 112 valence electrons. The van der Waals surface area contributed by atoms with E-state index in [1.807, 2.05) is 53.2 Å². The normalized spacial score (nSPS) is 12.3. The number of aromatic nitrogens is 2. The fraction of sp³-hybridized carbons (Fsp3) is 0. The second-order valence-corrected chi connectivity index (χ2v) is 5.87. The highest BCUT2D eigenvalue weighted by atomic mass is 35.5. The molecular formula is C18H10Cl2N2O. The summed E-state index contributed by atoms with van der Waals surface area (Å²) in [6, 6.07) is 15.5. The number of ketones is 1. The molecule has 0 spiro atoms. The maximum atomic E-state index is 12.8. The van der Waals surface area contributed by atoms with Gasteiger partial charge >= 0.3 is 0 Å². The number of hydrogen-bond acceptors (Lipinski definition) is 1. The minimum atomic E-state index is 0. The Bertz CT molecular complexity index is 1110. The van der Waals surface area contributed by atoms with Crippen LogP contribution in [0.1, 0.15) is 16.1 Å². The van der Waals surface area contributed by atoms with E-state index >= 15 is 0 Å². The van der Waals surface area contributed by atoms with Gasteiger partial charge in [0.05, 0.1) is 0 Å². The molecule has 5 heteroatoms. The first-order valence-corrected chi connectivity index (χ1v) is 7.42. The van der Waals surface area contributed by atoms with Gasteiger partial charge in [0.1, 0.15) is 16.1 Å². The predicted molar refractivity (Wildman–Crippen MR) is 85.8 cm³/mol. The lowest BCUT2D eigenvalue weighted by atomic mass is 10.1. The Kier molecular flexibility index (Phi) is 2.98. The molecule has 1 aliphatic heterocycles. The van der Waals surface area contributed by atoms with Crippen molar-refractivity contribution in [3.05, 3.63) is 71.0 Å². The van der Waals surface area contributed by atoms with E-state index in [2.05, 4.69) is 11.1 Å². The molecule has 1 N–H and O–H groups in total. The monoisotopic (exact) mass is 340 g/mol. The fourth-order valence-electron chi connectivity index (χ4n) is 3.35. The van der Waals surface area contributed by atoms with Crippen molar-refractivity contribution in [2.45, 2.75) is 0 Å². The number of pyridine rings is 1. The van der Waals surface area contributed by atoms with Gasteiger partial charge < -0.3 is 17.4 Å². The van der Waals surface area contributed by atoms with Gasteiger partial charge in [0.15, 0.2) is 6.20 Å². The van der Waals surface area contributed by atoms with E-state index in [1.54, 1.807) is 0 Å². The minimum Gasteiger partial charge on any atom is -1.00 e. The van der Waals surface area contributed by atoms with Gasteiger partial charge in [-0.3, -0.25) is 4.79 Å². The van der Waals surface area contributed by atoms with E-state index in [1.165, 1.54) is 0 Å². The van der Waals surface area contributed by atoms with E-state index in [0.29, 0.717) is 16.3 Å². The van der Waals surface area contributed by atoms with Crippen LogP contribution in [-0.2, 0) is 0 Å². The summed E-state index contributed by atoms with van der Waals surface area (Å²) in [6.07, 6.45) is 1.92. The van der Waals surface area contributed by atoms with Crippen molar-refractivity contribution >= 4 is 39.2 Å². The molecule has 4 aromatic rings. The lowest BCUT2D eigenvalue weighted by Gasteiger charge is -1.96. The highest BCUT2D eigenvalue weighted by molar-refractivity contribution is 6.33. The van der Waals surface area contributed by atoms with E-state index in [0.717, 1.165) is 27.5 Å². The summed E-state index contributed by atoms with van der Waals surface area (Å²) < 4.78 is 1.89. The number of aromatic amines is 1. The molecule has 0 unspecified atom stereocenters. The SMILES string of the molecule is O=C1c2cccc(Cl)c2-[n+]2ccc3c([nH]c4ccccc43)c21.[Cl-]. The van der Waals surface area contributed by atoms with Crippen molar-refractivity contribution in [1.82, 2.24) is 4.98 Å². The lowest BCUT2D eigenvalue weighted by molar-refractivity contribution is -0.592. The summed E-state index contributed by atoms with van der Waals surface area (Å²) in [7, 11) is 0. The van der Waals surface area contributed by atoms with Crippen LogP contribution in [0, 0.1) is 0 Å². The Balaban J connectivity index is 0.00000135. The highest BCUT2D eigenvalue weighted by Crippen LogP contribution is 2.33. The van der Waals surface area contributed by atoms with Crippen molar-refractivity contribution in [3.8, 4) is 5.69 Å². The topological polar surface area (TPSA) is 36.7 Å². The molecule has 2 aromatic heterocycles. The third-order valence-corrected chi connectivity index (χ3v) is 4.61. The lowest BCUT2D eigenvalue weighted by Crippen LogP contribution is -3.00. The van der Waals surface area contributed by atoms with Crippen molar-refractivity contribution in [2.24, 2.45) is 0 Å². The smallest absolute Gasteiger partial charge is 0.284 e. The molecular weight excluding hydrogens is 331 g/mol. The summed E-state index contributed by atoms with van der Waals surface area (Å²) in [4.78, 5) is 16.2. The second kappa shape index (κ2) is 4.82. The summed E-state index contributed by atoms with van der Waals surface area (Å²) >= 11 is 6.31. The van der Waals surface area contributed by atoms with Crippen LogP contribution in [0.4, 0.5) is 0 Å². The van der Waals surface area contributed by atoms with Gasteiger partial charge in [-0.05, 0) is 18.2 Å². The van der Waals surface area contributed by atoms with Gasteiger partial charge in [0.2, 0.25) is 5.69 Å². The van der Waals surface area contributed by atoms with Crippen molar-refractivity contribution < 1.29 is 21.8 Å². The number of benzene rings is 2. The summed E-state index contributed by atoms with van der Waals surface area (Å²) in [5.41, 5.74) is 3.96. The minimum absolute atomic E-state index is 0. The second-order valence-electron chi connectivity index (χ2n) is 5.46.